The maximum Gasteiger partial charge on any atom is 0.162 e. The number of likely N-dealkylation sites (N-methyl/N-ethyl adjacent to an activating group) is 1. The Morgan fingerprint density at radius 2 is 2.05 bits per heavy atom. The van der Waals surface area contributed by atoms with Crippen LogP contribution in [0.3, 0.4) is 0 Å². The van der Waals surface area contributed by atoms with Crippen LogP contribution in [0, 0.1) is 11.6 Å². The first-order valence-electron chi connectivity index (χ1n) is 6.28. The Kier molecular flexibility index (Phi) is 4.58. The van der Waals surface area contributed by atoms with E-state index in [1.807, 2.05) is 19.1 Å². The Labute approximate surface area is 111 Å². The molecular formula is C15H16F2N2. The summed E-state index contributed by atoms with van der Waals surface area (Å²) < 4.78 is 26.9. The van der Waals surface area contributed by atoms with Gasteiger partial charge in [-0.25, -0.2) is 8.78 Å². The molecule has 1 aromatic heterocycles. The normalized spacial score (nSPS) is 12.4. The van der Waals surface area contributed by atoms with Gasteiger partial charge in [0.15, 0.2) is 11.6 Å². The molecule has 2 aromatic rings. The Morgan fingerprint density at radius 1 is 1.21 bits per heavy atom. The van der Waals surface area contributed by atoms with Gasteiger partial charge in [-0.05, 0) is 36.2 Å². The van der Waals surface area contributed by atoms with Crippen molar-refractivity contribution in [2.75, 3.05) is 6.54 Å². The molecule has 0 amide bonds. The number of benzene rings is 1. The molecule has 1 aromatic carbocycles. The molecule has 0 aliphatic carbocycles. The van der Waals surface area contributed by atoms with E-state index in [1.165, 1.54) is 6.07 Å². The highest BCUT2D eigenvalue weighted by Gasteiger charge is 2.15. The fraction of sp³-hybridized carbons (Fsp3) is 0.267. The van der Waals surface area contributed by atoms with Crippen molar-refractivity contribution >= 4 is 0 Å². The fourth-order valence-corrected chi connectivity index (χ4v) is 2.06. The molecule has 0 saturated heterocycles. The summed E-state index contributed by atoms with van der Waals surface area (Å²) in [5, 5.41) is 3.26. The van der Waals surface area contributed by atoms with Crippen molar-refractivity contribution in [3.8, 4) is 0 Å². The van der Waals surface area contributed by atoms with E-state index in [9.17, 15) is 8.78 Å². The van der Waals surface area contributed by atoms with E-state index < -0.39 is 11.6 Å². The number of hydrogen-bond donors (Lipinski definition) is 1. The van der Waals surface area contributed by atoms with Crippen LogP contribution in [0.15, 0.2) is 42.7 Å². The van der Waals surface area contributed by atoms with Crippen LogP contribution in [0.1, 0.15) is 24.1 Å². The molecule has 0 aliphatic rings. The zero-order chi connectivity index (χ0) is 13.7. The topological polar surface area (TPSA) is 24.9 Å². The van der Waals surface area contributed by atoms with Crippen molar-refractivity contribution in [1.29, 1.82) is 0 Å². The van der Waals surface area contributed by atoms with E-state index in [0.29, 0.717) is 12.0 Å². The monoisotopic (exact) mass is 262 g/mol. The largest absolute Gasteiger partial charge is 0.310 e. The summed E-state index contributed by atoms with van der Waals surface area (Å²) in [6.07, 6.45) is 3.82. The zero-order valence-electron chi connectivity index (χ0n) is 10.7. The van der Waals surface area contributed by atoms with Gasteiger partial charge in [0.05, 0.1) is 0 Å². The summed E-state index contributed by atoms with van der Waals surface area (Å²) in [5.74, 6) is -1.58. The Bertz CT molecular complexity index is 529. The minimum absolute atomic E-state index is 0.0741. The molecule has 0 radical (unpaired) electrons. The number of nitrogens with zero attached hydrogens (tertiary/aromatic N) is 1. The summed E-state index contributed by atoms with van der Waals surface area (Å²) in [6.45, 7) is 2.72. The second-order valence-electron chi connectivity index (χ2n) is 4.31. The molecule has 0 fully saturated rings. The Hall–Kier alpha value is -1.81. The van der Waals surface area contributed by atoms with Gasteiger partial charge in [-0.3, -0.25) is 4.98 Å². The van der Waals surface area contributed by atoms with Crippen molar-refractivity contribution in [3.05, 3.63) is 65.5 Å². The molecule has 1 unspecified atom stereocenters. The highest BCUT2D eigenvalue weighted by atomic mass is 19.2. The van der Waals surface area contributed by atoms with Crippen LogP contribution in [0.5, 0.6) is 0 Å². The second-order valence-corrected chi connectivity index (χ2v) is 4.31. The number of hydrogen-bond acceptors (Lipinski definition) is 2. The van der Waals surface area contributed by atoms with Crippen LogP contribution in [-0.2, 0) is 6.42 Å². The van der Waals surface area contributed by atoms with E-state index in [1.54, 1.807) is 18.5 Å². The molecule has 0 aliphatic heterocycles. The average Bonchev–Trinajstić information content (AvgIpc) is 2.44. The zero-order valence-corrected chi connectivity index (χ0v) is 10.7. The number of halogens is 2. The first-order chi connectivity index (χ1) is 9.22. The standard InChI is InChI=1S/C15H16F2N2/c1-2-19-14(12-6-4-8-18-10-12)9-11-5-3-7-13(16)15(11)17/h3-8,10,14,19H,2,9H2,1H3. The van der Waals surface area contributed by atoms with E-state index in [-0.39, 0.29) is 6.04 Å². The molecule has 19 heavy (non-hydrogen) atoms. The molecule has 0 saturated carbocycles. The van der Waals surface area contributed by atoms with E-state index >= 15 is 0 Å². The third kappa shape index (κ3) is 3.35. The predicted octanol–water partition coefficient (Wildman–Crippen LogP) is 3.25. The molecule has 1 N–H and O–H groups in total. The number of pyridine rings is 1. The van der Waals surface area contributed by atoms with Gasteiger partial charge in [-0.15, -0.1) is 0 Å². The average molecular weight is 262 g/mol. The van der Waals surface area contributed by atoms with Crippen molar-refractivity contribution < 1.29 is 8.78 Å². The maximum atomic E-state index is 13.7. The highest BCUT2D eigenvalue weighted by molar-refractivity contribution is 5.23. The lowest BCUT2D eigenvalue weighted by atomic mass is 9.99. The molecule has 1 heterocycles. The molecule has 0 spiro atoms. The number of aromatic nitrogens is 1. The first kappa shape index (κ1) is 13.6. The van der Waals surface area contributed by atoms with Gasteiger partial charge in [0, 0.05) is 18.4 Å². The van der Waals surface area contributed by atoms with E-state index in [2.05, 4.69) is 10.3 Å². The third-order valence-electron chi connectivity index (χ3n) is 2.99. The Balaban J connectivity index is 2.24. The molecule has 0 bridgehead atoms. The maximum absolute atomic E-state index is 13.7. The number of nitrogens with one attached hydrogen (secondary N) is 1. The van der Waals surface area contributed by atoms with Gasteiger partial charge in [-0.1, -0.05) is 25.1 Å². The minimum atomic E-state index is -0.807. The van der Waals surface area contributed by atoms with Crippen LogP contribution in [-0.4, -0.2) is 11.5 Å². The number of rotatable bonds is 5. The lowest BCUT2D eigenvalue weighted by Crippen LogP contribution is -2.23. The van der Waals surface area contributed by atoms with Crippen LogP contribution < -0.4 is 5.32 Å². The third-order valence-corrected chi connectivity index (χ3v) is 2.99. The lowest BCUT2D eigenvalue weighted by molar-refractivity contribution is 0.481. The van der Waals surface area contributed by atoms with E-state index in [0.717, 1.165) is 18.2 Å². The van der Waals surface area contributed by atoms with Gasteiger partial charge in [-0.2, -0.15) is 0 Å². The van der Waals surface area contributed by atoms with Crippen molar-refractivity contribution in [2.24, 2.45) is 0 Å². The SMILES string of the molecule is CCNC(Cc1cccc(F)c1F)c1cccnc1. The van der Waals surface area contributed by atoms with Crippen LogP contribution in [0.4, 0.5) is 8.78 Å². The minimum Gasteiger partial charge on any atom is -0.310 e. The molecular weight excluding hydrogens is 246 g/mol. The van der Waals surface area contributed by atoms with Crippen molar-refractivity contribution in [3.63, 3.8) is 0 Å². The van der Waals surface area contributed by atoms with Crippen molar-refractivity contribution in [2.45, 2.75) is 19.4 Å². The molecule has 4 heteroatoms. The van der Waals surface area contributed by atoms with Crippen molar-refractivity contribution in [1.82, 2.24) is 10.3 Å². The van der Waals surface area contributed by atoms with Gasteiger partial charge in [0.2, 0.25) is 0 Å². The van der Waals surface area contributed by atoms with Crippen LogP contribution in [0.25, 0.3) is 0 Å². The van der Waals surface area contributed by atoms with Crippen LogP contribution >= 0.6 is 0 Å². The predicted molar refractivity (Wildman–Crippen MR) is 70.7 cm³/mol. The fourth-order valence-electron chi connectivity index (χ4n) is 2.06. The van der Waals surface area contributed by atoms with Gasteiger partial charge >= 0.3 is 0 Å². The summed E-state index contributed by atoms with van der Waals surface area (Å²) in [7, 11) is 0. The molecule has 100 valence electrons. The van der Waals surface area contributed by atoms with Gasteiger partial charge < -0.3 is 5.32 Å². The Morgan fingerprint density at radius 3 is 2.74 bits per heavy atom. The van der Waals surface area contributed by atoms with Gasteiger partial charge in [0.25, 0.3) is 0 Å². The summed E-state index contributed by atoms with van der Waals surface area (Å²) >= 11 is 0. The lowest BCUT2D eigenvalue weighted by Gasteiger charge is -2.18. The molecule has 1 atom stereocenters. The van der Waals surface area contributed by atoms with E-state index in [4.69, 9.17) is 0 Å². The summed E-state index contributed by atoms with van der Waals surface area (Å²) in [6, 6.07) is 7.96. The molecule has 2 nitrogen and oxygen atoms in total. The summed E-state index contributed by atoms with van der Waals surface area (Å²) in [4.78, 5) is 4.06. The van der Waals surface area contributed by atoms with Gasteiger partial charge in [0.1, 0.15) is 0 Å². The molecule has 2 rings (SSSR count). The summed E-state index contributed by atoms with van der Waals surface area (Å²) in [5.41, 5.74) is 1.34. The quantitative estimate of drug-likeness (QED) is 0.894. The van der Waals surface area contributed by atoms with Crippen LogP contribution in [0.2, 0.25) is 0 Å². The first-order valence-corrected chi connectivity index (χ1v) is 6.28. The smallest absolute Gasteiger partial charge is 0.162 e. The highest BCUT2D eigenvalue weighted by Crippen LogP contribution is 2.20. The second kappa shape index (κ2) is 6.38.